The maximum Gasteiger partial charge on any atom is 0.338 e. The number of pyridine rings is 1. The highest BCUT2D eigenvalue weighted by molar-refractivity contribution is 6.22. The van der Waals surface area contributed by atoms with Crippen LogP contribution in [0.1, 0.15) is 6.92 Å². The molecule has 110 valence electrons. The summed E-state index contributed by atoms with van der Waals surface area (Å²) in [4.78, 5) is 18.5. The molecular formula is C12H14ClF2N3O2. The Labute approximate surface area is 120 Å². The van der Waals surface area contributed by atoms with E-state index in [2.05, 4.69) is 4.98 Å². The van der Waals surface area contributed by atoms with Gasteiger partial charge in [-0.25, -0.2) is 9.78 Å². The third-order valence-electron chi connectivity index (χ3n) is 2.77. The lowest BCUT2D eigenvalue weighted by Gasteiger charge is -2.35. The Balaban J connectivity index is 2.22. The van der Waals surface area contributed by atoms with Gasteiger partial charge >= 0.3 is 11.4 Å². The number of hydrogen-bond donors (Lipinski definition) is 0. The van der Waals surface area contributed by atoms with Crippen LogP contribution < -0.4 is 9.64 Å². The first-order chi connectivity index (χ1) is 9.28. The Kier molecular flexibility index (Phi) is 3.99. The summed E-state index contributed by atoms with van der Waals surface area (Å²) < 4.78 is 31.1. The summed E-state index contributed by atoms with van der Waals surface area (Å²) >= 11 is 4.86. The van der Waals surface area contributed by atoms with Crippen LogP contribution in [0.5, 0.6) is 5.88 Å². The molecule has 0 bridgehead atoms. The predicted octanol–water partition coefficient (Wildman–Crippen LogP) is 2.55. The van der Waals surface area contributed by atoms with Gasteiger partial charge in [-0.15, -0.1) is 0 Å². The van der Waals surface area contributed by atoms with E-state index in [-0.39, 0.29) is 12.6 Å². The highest BCUT2D eigenvalue weighted by Crippen LogP contribution is 2.31. The maximum absolute atomic E-state index is 12.8. The highest BCUT2D eigenvalue weighted by atomic mass is 35.5. The van der Waals surface area contributed by atoms with Crippen molar-refractivity contribution in [2.24, 2.45) is 0 Å². The number of anilines is 1. The Hall–Kier alpha value is -1.63. The van der Waals surface area contributed by atoms with Crippen LogP contribution in [0.25, 0.3) is 0 Å². The van der Waals surface area contributed by atoms with Crippen LogP contribution >= 0.6 is 11.6 Å². The van der Waals surface area contributed by atoms with E-state index in [0.717, 1.165) is 4.90 Å². The molecule has 1 atom stereocenters. The van der Waals surface area contributed by atoms with Gasteiger partial charge in [-0.1, -0.05) is 0 Å². The minimum absolute atomic E-state index is 0.260. The zero-order valence-electron chi connectivity index (χ0n) is 11.0. The van der Waals surface area contributed by atoms with Crippen molar-refractivity contribution >= 4 is 23.3 Å². The van der Waals surface area contributed by atoms with Gasteiger partial charge in [0.05, 0.1) is 6.54 Å². The van der Waals surface area contributed by atoms with E-state index in [9.17, 15) is 13.6 Å². The molecule has 1 unspecified atom stereocenters. The van der Waals surface area contributed by atoms with Gasteiger partial charge in [0, 0.05) is 13.2 Å². The first kappa shape index (κ1) is 14.8. The zero-order valence-corrected chi connectivity index (χ0v) is 11.8. The standard InChI is InChI=1S/C12H14ClF2N3O2/c1-8-6-18(9-4-3-5-16-10(9)20-8)11(19)17(2)7-12(13,14)15/h3-5,8H,6-7H2,1-2H3. The largest absolute Gasteiger partial charge is 0.471 e. The quantitative estimate of drug-likeness (QED) is 0.789. The van der Waals surface area contributed by atoms with Gasteiger partial charge in [0.25, 0.3) is 0 Å². The summed E-state index contributed by atoms with van der Waals surface area (Å²) in [5.74, 6) is 0.311. The molecule has 0 saturated heterocycles. The van der Waals surface area contributed by atoms with Crippen LogP contribution in [-0.2, 0) is 0 Å². The molecule has 0 aliphatic carbocycles. The summed E-state index contributed by atoms with van der Waals surface area (Å²) in [6.45, 7) is 1.17. The molecule has 0 N–H and O–H groups in total. The molecule has 0 radical (unpaired) electrons. The van der Waals surface area contributed by atoms with Gasteiger partial charge in [-0.2, -0.15) is 8.78 Å². The van der Waals surface area contributed by atoms with Crippen LogP contribution in [0.3, 0.4) is 0 Å². The number of alkyl halides is 3. The number of carbonyl (C=O) groups is 1. The van der Waals surface area contributed by atoms with Crippen molar-refractivity contribution in [1.82, 2.24) is 9.88 Å². The van der Waals surface area contributed by atoms with Crippen molar-refractivity contribution in [2.45, 2.75) is 18.4 Å². The van der Waals surface area contributed by atoms with Crippen LogP contribution in [0.15, 0.2) is 18.3 Å². The second-order valence-corrected chi connectivity index (χ2v) is 5.17. The Bertz CT molecular complexity index is 510. The minimum atomic E-state index is -3.46. The smallest absolute Gasteiger partial charge is 0.338 e. The van der Waals surface area contributed by atoms with Gasteiger partial charge in [0.1, 0.15) is 18.3 Å². The van der Waals surface area contributed by atoms with Crippen LogP contribution in [0.2, 0.25) is 0 Å². The summed E-state index contributed by atoms with van der Waals surface area (Å²) in [6, 6.07) is 2.72. The SMILES string of the molecule is CC1CN(C(=O)N(C)CC(F)(F)Cl)c2cccnc2O1. The fourth-order valence-electron chi connectivity index (χ4n) is 1.99. The first-order valence-corrected chi connectivity index (χ1v) is 6.37. The topological polar surface area (TPSA) is 45.7 Å². The average molecular weight is 306 g/mol. The molecule has 8 heteroatoms. The van der Waals surface area contributed by atoms with Gasteiger partial charge < -0.3 is 9.64 Å². The fraction of sp³-hybridized carbons (Fsp3) is 0.500. The lowest BCUT2D eigenvalue weighted by atomic mass is 10.2. The van der Waals surface area contributed by atoms with E-state index >= 15 is 0 Å². The number of aromatic nitrogens is 1. The lowest BCUT2D eigenvalue weighted by Crippen LogP contribution is -2.49. The molecule has 1 aliphatic heterocycles. The van der Waals surface area contributed by atoms with E-state index in [1.165, 1.54) is 18.1 Å². The van der Waals surface area contributed by atoms with Gasteiger partial charge in [0.2, 0.25) is 5.88 Å². The second kappa shape index (κ2) is 5.40. The molecule has 20 heavy (non-hydrogen) atoms. The lowest BCUT2D eigenvalue weighted by molar-refractivity contribution is 0.0659. The number of carbonyl (C=O) groups excluding carboxylic acids is 1. The van der Waals surface area contributed by atoms with E-state index in [1.54, 1.807) is 19.1 Å². The molecule has 1 aromatic heterocycles. The molecule has 0 spiro atoms. The van der Waals surface area contributed by atoms with E-state index in [4.69, 9.17) is 16.3 Å². The number of ether oxygens (including phenoxy) is 1. The van der Waals surface area contributed by atoms with Crippen molar-refractivity contribution in [3.8, 4) is 5.88 Å². The average Bonchev–Trinajstić information content (AvgIpc) is 2.34. The molecular weight excluding hydrogens is 292 g/mol. The molecule has 1 aliphatic rings. The molecule has 0 fully saturated rings. The van der Waals surface area contributed by atoms with Crippen LogP contribution in [-0.4, -0.2) is 47.5 Å². The van der Waals surface area contributed by atoms with Crippen molar-refractivity contribution in [3.63, 3.8) is 0 Å². The normalized spacial score (nSPS) is 18.2. The summed E-state index contributed by atoms with van der Waals surface area (Å²) in [6.07, 6.45) is 1.27. The van der Waals surface area contributed by atoms with Gasteiger partial charge in [-0.05, 0) is 30.7 Å². The van der Waals surface area contributed by atoms with Crippen LogP contribution in [0.4, 0.5) is 19.3 Å². The van der Waals surface area contributed by atoms with Crippen molar-refractivity contribution in [3.05, 3.63) is 18.3 Å². The Morgan fingerprint density at radius 3 is 3.05 bits per heavy atom. The number of urea groups is 1. The third-order valence-corrected chi connectivity index (χ3v) is 2.89. The molecule has 2 rings (SSSR count). The molecule has 0 saturated carbocycles. The predicted molar refractivity (Wildman–Crippen MR) is 70.5 cm³/mol. The van der Waals surface area contributed by atoms with E-state index < -0.39 is 18.0 Å². The van der Waals surface area contributed by atoms with Crippen molar-refractivity contribution in [2.75, 3.05) is 25.0 Å². The molecule has 0 aromatic carbocycles. The number of halogens is 3. The number of fused-ring (bicyclic) bond motifs is 1. The number of amides is 2. The van der Waals surface area contributed by atoms with Crippen molar-refractivity contribution < 1.29 is 18.3 Å². The molecule has 5 nitrogen and oxygen atoms in total. The summed E-state index contributed by atoms with van der Waals surface area (Å²) in [5, 5.41) is -3.46. The zero-order chi connectivity index (χ0) is 14.9. The van der Waals surface area contributed by atoms with Crippen LogP contribution in [0, 0.1) is 0 Å². The molecule has 1 aromatic rings. The molecule has 2 heterocycles. The monoisotopic (exact) mass is 305 g/mol. The van der Waals surface area contributed by atoms with Crippen molar-refractivity contribution in [1.29, 1.82) is 0 Å². The summed E-state index contributed by atoms with van der Waals surface area (Å²) in [5.41, 5.74) is 0.459. The van der Waals surface area contributed by atoms with E-state index in [1.807, 2.05) is 0 Å². The second-order valence-electron chi connectivity index (χ2n) is 4.62. The Morgan fingerprint density at radius 1 is 1.70 bits per heavy atom. The number of hydrogen-bond acceptors (Lipinski definition) is 3. The van der Waals surface area contributed by atoms with Gasteiger partial charge in [-0.3, -0.25) is 4.90 Å². The third kappa shape index (κ3) is 3.27. The Morgan fingerprint density at radius 2 is 2.40 bits per heavy atom. The van der Waals surface area contributed by atoms with Gasteiger partial charge in [0.15, 0.2) is 0 Å². The van der Waals surface area contributed by atoms with E-state index in [0.29, 0.717) is 11.6 Å². The fourth-order valence-corrected chi connectivity index (χ4v) is 2.16. The summed E-state index contributed by atoms with van der Waals surface area (Å²) in [7, 11) is 1.27. The number of rotatable bonds is 2. The minimum Gasteiger partial charge on any atom is -0.471 e. The first-order valence-electron chi connectivity index (χ1n) is 5.99. The maximum atomic E-state index is 12.8. The highest BCUT2D eigenvalue weighted by Gasteiger charge is 2.34. The number of nitrogens with zero attached hydrogens (tertiary/aromatic N) is 3. The molecule has 2 amide bonds.